The number of carbonyl (C=O) groups excluding carboxylic acids is 2. The Morgan fingerprint density at radius 2 is 2.00 bits per heavy atom. The molecule has 0 spiro atoms. The molecule has 9 heteroatoms. The Labute approximate surface area is 177 Å². The van der Waals surface area contributed by atoms with Crippen LogP contribution in [0.2, 0.25) is 0 Å². The molecule has 2 atom stereocenters. The van der Waals surface area contributed by atoms with Gasteiger partial charge in [0.2, 0.25) is 10.0 Å². The second-order valence-corrected chi connectivity index (χ2v) is 10.5. The van der Waals surface area contributed by atoms with Crippen LogP contribution >= 0.6 is 0 Å². The van der Waals surface area contributed by atoms with Gasteiger partial charge in [-0.2, -0.15) is 5.10 Å². The zero-order valence-corrected chi connectivity index (χ0v) is 18.6. The van der Waals surface area contributed by atoms with Gasteiger partial charge in [-0.3, -0.25) is 4.79 Å². The second kappa shape index (κ2) is 8.11. The molecule has 8 nitrogen and oxygen atoms in total. The maximum Gasteiger partial charge on any atom is 0.338 e. The van der Waals surface area contributed by atoms with Crippen LogP contribution in [0.15, 0.2) is 34.3 Å². The van der Waals surface area contributed by atoms with E-state index in [9.17, 15) is 18.0 Å². The highest BCUT2D eigenvalue weighted by atomic mass is 32.2. The van der Waals surface area contributed by atoms with Crippen molar-refractivity contribution in [3.05, 3.63) is 29.8 Å². The molecular weight excluding hydrogens is 406 g/mol. The fourth-order valence-corrected chi connectivity index (χ4v) is 5.62. The Morgan fingerprint density at radius 1 is 1.27 bits per heavy atom. The van der Waals surface area contributed by atoms with Crippen molar-refractivity contribution < 1.29 is 22.7 Å². The Morgan fingerprint density at radius 3 is 2.60 bits per heavy atom. The van der Waals surface area contributed by atoms with Crippen LogP contribution in [0.1, 0.15) is 57.3 Å². The van der Waals surface area contributed by atoms with E-state index >= 15 is 0 Å². The fraction of sp³-hybridized carbons (Fsp3) is 0.571. The summed E-state index contributed by atoms with van der Waals surface area (Å²) in [6.07, 6.45) is 3.10. The van der Waals surface area contributed by atoms with Crippen LogP contribution in [0, 0.1) is 16.7 Å². The van der Waals surface area contributed by atoms with Crippen molar-refractivity contribution in [2.24, 2.45) is 21.8 Å². The van der Waals surface area contributed by atoms with Gasteiger partial charge in [0.15, 0.2) is 6.61 Å². The van der Waals surface area contributed by atoms with E-state index < -0.39 is 28.5 Å². The number of nitrogens with zero attached hydrogens (tertiary/aromatic N) is 1. The van der Waals surface area contributed by atoms with Crippen LogP contribution in [0.4, 0.5) is 0 Å². The number of nitrogens with one attached hydrogen (secondary N) is 2. The summed E-state index contributed by atoms with van der Waals surface area (Å²) >= 11 is 0. The zero-order valence-electron chi connectivity index (χ0n) is 17.8. The molecule has 1 amide bonds. The lowest BCUT2D eigenvalue weighted by Crippen LogP contribution is -2.34. The summed E-state index contributed by atoms with van der Waals surface area (Å²) in [5, 5.41) is 4.33. The molecule has 2 saturated carbocycles. The topological polar surface area (TPSA) is 114 Å². The van der Waals surface area contributed by atoms with E-state index in [1.54, 1.807) is 6.92 Å². The lowest BCUT2D eigenvalue weighted by atomic mass is 9.70. The number of hydrogen-bond acceptors (Lipinski definition) is 6. The average molecular weight is 436 g/mol. The third kappa shape index (κ3) is 4.00. The molecule has 30 heavy (non-hydrogen) atoms. The number of fused-ring (bicyclic) bond motifs is 2. The molecule has 2 bridgehead atoms. The van der Waals surface area contributed by atoms with Crippen LogP contribution in [-0.2, 0) is 19.6 Å². The fourth-order valence-electron chi connectivity index (χ4n) is 4.54. The number of carbonyl (C=O) groups is 2. The SMILES string of the molecule is CCNS(=O)(=O)c1cccc(C(=O)OCC(=O)N/N=C2\C[C@H]3CC[C@@]2(C)C3(C)C)c1. The van der Waals surface area contributed by atoms with Crippen molar-refractivity contribution in [3.8, 4) is 0 Å². The van der Waals surface area contributed by atoms with Crippen LogP contribution in [0.3, 0.4) is 0 Å². The standard InChI is InChI=1S/C21H29N3O5S/c1-5-22-30(27,28)16-8-6-7-14(11-16)19(26)29-13-18(25)24-23-17-12-15-9-10-21(17,4)20(15,2)3/h6-8,11,15,22H,5,9-10,12-13H2,1-4H3,(H,24,25)/b23-17+/t15-,21-/m1/s1. The minimum absolute atomic E-state index is 0.0277. The van der Waals surface area contributed by atoms with Crippen molar-refractivity contribution >= 4 is 27.6 Å². The van der Waals surface area contributed by atoms with Crippen molar-refractivity contribution in [2.75, 3.05) is 13.2 Å². The van der Waals surface area contributed by atoms with Crippen molar-refractivity contribution in [3.63, 3.8) is 0 Å². The number of amides is 1. The predicted molar refractivity (Wildman–Crippen MR) is 112 cm³/mol. The summed E-state index contributed by atoms with van der Waals surface area (Å²) in [5.74, 6) is -0.738. The molecule has 0 aromatic heterocycles. The van der Waals surface area contributed by atoms with Gasteiger partial charge in [-0.25, -0.2) is 23.4 Å². The maximum atomic E-state index is 12.2. The number of hydrogen-bond donors (Lipinski definition) is 2. The molecule has 3 rings (SSSR count). The molecule has 1 aromatic rings. The summed E-state index contributed by atoms with van der Waals surface area (Å²) < 4.78 is 31.5. The molecule has 2 aliphatic carbocycles. The molecular formula is C21H29N3O5S. The third-order valence-corrected chi connectivity index (χ3v) is 8.42. The number of sulfonamides is 1. The summed E-state index contributed by atoms with van der Waals surface area (Å²) in [7, 11) is -3.69. The van der Waals surface area contributed by atoms with Gasteiger partial charge in [-0.1, -0.05) is 33.8 Å². The van der Waals surface area contributed by atoms with Crippen LogP contribution < -0.4 is 10.1 Å². The Bertz CT molecular complexity index is 986. The molecule has 164 valence electrons. The highest BCUT2D eigenvalue weighted by Gasteiger charge is 2.60. The largest absolute Gasteiger partial charge is 0.452 e. The summed E-state index contributed by atoms with van der Waals surface area (Å²) in [6.45, 7) is 8.09. The first-order valence-electron chi connectivity index (χ1n) is 10.1. The smallest absolute Gasteiger partial charge is 0.338 e. The van der Waals surface area contributed by atoms with E-state index in [0.29, 0.717) is 5.92 Å². The van der Waals surface area contributed by atoms with E-state index in [4.69, 9.17) is 4.74 Å². The van der Waals surface area contributed by atoms with Gasteiger partial charge in [0.05, 0.1) is 10.5 Å². The van der Waals surface area contributed by atoms with Crippen molar-refractivity contribution in [1.82, 2.24) is 10.1 Å². The second-order valence-electron chi connectivity index (χ2n) is 8.69. The first kappa shape index (κ1) is 22.4. The van der Waals surface area contributed by atoms with Gasteiger partial charge >= 0.3 is 5.97 Å². The summed E-state index contributed by atoms with van der Waals surface area (Å²) in [6, 6.07) is 5.49. The minimum Gasteiger partial charge on any atom is -0.452 e. The van der Waals surface area contributed by atoms with Crippen molar-refractivity contribution in [2.45, 2.75) is 51.9 Å². The molecule has 0 heterocycles. The quantitative estimate of drug-likeness (QED) is 0.504. The van der Waals surface area contributed by atoms with Crippen LogP contribution in [0.5, 0.6) is 0 Å². The maximum absolute atomic E-state index is 12.2. The van der Waals surface area contributed by atoms with Gasteiger partial charge in [0.25, 0.3) is 5.91 Å². The molecule has 2 aliphatic rings. The molecule has 2 fully saturated rings. The number of esters is 1. The van der Waals surface area contributed by atoms with Gasteiger partial charge in [-0.15, -0.1) is 0 Å². The van der Waals surface area contributed by atoms with Crippen LogP contribution in [-0.4, -0.2) is 39.2 Å². The summed E-state index contributed by atoms with van der Waals surface area (Å²) in [4.78, 5) is 24.3. The molecule has 0 unspecified atom stereocenters. The predicted octanol–water partition coefficient (Wildman–Crippen LogP) is 2.46. The number of ether oxygens (including phenoxy) is 1. The first-order chi connectivity index (χ1) is 14.0. The molecule has 0 radical (unpaired) electrons. The summed E-state index contributed by atoms with van der Waals surface area (Å²) in [5.41, 5.74) is 3.67. The molecule has 1 aromatic carbocycles. The Hall–Kier alpha value is -2.26. The Kier molecular flexibility index (Phi) is 6.06. The van der Waals surface area contributed by atoms with E-state index in [-0.39, 0.29) is 27.8 Å². The highest BCUT2D eigenvalue weighted by molar-refractivity contribution is 7.89. The molecule has 0 aliphatic heterocycles. The number of hydrazone groups is 1. The average Bonchev–Trinajstić information content (AvgIpc) is 3.04. The van der Waals surface area contributed by atoms with Gasteiger partial charge in [0.1, 0.15) is 0 Å². The monoisotopic (exact) mass is 435 g/mol. The van der Waals surface area contributed by atoms with E-state index in [1.165, 1.54) is 30.7 Å². The van der Waals surface area contributed by atoms with Crippen molar-refractivity contribution in [1.29, 1.82) is 0 Å². The van der Waals surface area contributed by atoms with Gasteiger partial charge in [-0.05, 0) is 48.8 Å². The van der Waals surface area contributed by atoms with E-state index in [0.717, 1.165) is 18.6 Å². The molecule has 0 saturated heterocycles. The lowest BCUT2D eigenvalue weighted by Gasteiger charge is -2.34. The number of benzene rings is 1. The minimum atomic E-state index is -3.69. The van der Waals surface area contributed by atoms with Gasteiger partial charge in [0, 0.05) is 17.7 Å². The van der Waals surface area contributed by atoms with Crippen LogP contribution in [0.25, 0.3) is 0 Å². The normalized spacial score (nSPS) is 26.0. The third-order valence-electron chi connectivity index (χ3n) is 6.88. The zero-order chi connectivity index (χ0) is 22.2. The number of rotatable bonds is 7. The lowest BCUT2D eigenvalue weighted by molar-refractivity contribution is -0.124. The van der Waals surface area contributed by atoms with Gasteiger partial charge < -0.3 is 4.74 Å². The van der Waals surface area contributed by atoms with E-state index in [2.05, 4.69) is 36.0 Å². The first-order valence-corrected chi connectivity index (χ1v) is 11.6. The highest BCUT2D eigenvalue weighted by Crippen LogP contribution is 2.63. The molecule has 2 N–H and O–H groups in total. The van der Waals surface area contributed by atoms with E-state index in [1.807, 2.05) is 0 Å². The Balaban J connectivity index is 1.58.